The predicted molar refractivity (Wildman–Crippen MR) is 88.3 cm³/mol. The number of benzene rings is 1. The van der Waals surface area contributed by atoms with Crippen LogP contribution >= 0.6 is 0 Å². The molecule has 2 unspecified atom stereocenters. The van der Waals surface area contributed by atoms with Crippen molar-refractivity contribution in [2.75, 3.05) is 6.61 Å². The number of rotatable bonds is 4. The number of ether oxygens (including phenoxy) is 1. The topological polar surface area (TPSA) is 55.4 Å². The fourth-order valence-electron chi connectivity index (χ4n) is 3.69. The number of fused-ring (bicyclic) bond motifs is 1. The molecule has 2 aliphatic rings. The first-order chi connectivity index (χ1) is 11.1. The van der Waals surface area contributed by atoms with Gasteiger partial charge in [0.25, 0.3) is 5.91 Å². The van der Waals surface area contributed by atoms with Crippen molar-refractivity contribution in [3.63, 3.8) is 0 Å². The molecule has 0 radical (unpaired) electrons. The van der Waals surface area contributed by atoms with Crippen LogP contribution in [0.5, 0.6) is 0 Å². The standard InChI is InChI=1S/C19H25NO3/c1-13-5-2-3-8-17(13)20-18(21)12-23-19(22)16-10-9-14-6-4-7-15(14)11-16/h9-11,13,17H,2-8,12H2,1H3,(H,20,21). The van der Waals surface area contributed by atoms with Crippen LogP contribution in [0.15, 0.2) is 18.2 Å². The second kappa shape index (κ2) is 7.16. The van der Waals surface area contributed by atoms with Gasteiger partial charge in [-0.15, -0.1) is 0 Å². The summed E-state index contributed by atoms with van der Waals surface area (Å²) in [6, 6.07) is 5.93. The average Bonchev–Trinajstić information content (AvgIpc) is 3.02. The SMILES string of the molecule is CC1CCCCC1NC(=O)COC(=O)c1ccc2c(c1)CCC2. The summed E-state index contributed by atoms with van der Waals surface area (Å²) in [7, 11) is 0. The number of amides is 1. The van der Waals surface area contributed by atoms with Crippen molar-refractivity contribution < 1.29 is 14.3 Å². The molecule has 0 saturated heterocycles. The van der Waals surface area contributed by atoms with Crippen molar-refractivity contribution >= 4 is 11.9 Å². The van der Waals surface area contributed by atoms with E-state index in [1.807, 2.05) is 12.1 Å². The zero-order chi connectivity index (χ0) is 16.2. The summed E-state index contributed by atoms with van der Waals surface area (Å²) in [5.41, 5.74) is 3.11. The number of hydrogen-bond donors (Lipinski definition) is 1. The monoisotopic (exact) mass is 315 g/mol. The summed E-state index contributed by atoms with van der Waals surface area (Å²) >= 11 is 0. The largest absolute Gasteiger partial charge is 0.452 e. The lowest BCUT2D eigenvalue weighted by Gasteiger charge is -2.29. The van der Waals surface area contributed by atoms with E-state index in [1.54, 1.807) is 6.07 Å². The zero-order valence-corrected chi connectivity index (χ0v) is 13.8. The molecule has 2 atom stereocenters. The summed E-state index contributed by atoms with van der Waals surface area (Å²) in [6.45, 7) is 1.97. The minimum atomic E-state index is -0.411. The molecule has 4 heteroatoms. The van der Waals surface area contributed by atoms with Gasteiger partial charge < -0.3 is 10.1 Å². The fourth-order valence-corrected chi connectivity index (χ4v) is 3.69. The van der Waals surface area contributed by atoms with Crippen LogP contribution in [-0.4, -0.2) is 24.5 Å². The third-order valence-corrected chi connectivity index (χ3v) is 5.13. The molecule has 124 valence electrons. The molecular weight excluding hydrogens is 290 g/mol. The van der Waals surface area contributed by atoms with Crippen LogP contribution < -0.4 is 5.32 Å². The van der Waals surface area contributed by atoms with Crippen LogP contribution in [0.1, 0.15) is 60.5 Å². The first kappa shape index (κ1) is 16.0. The highest BCUT2D eigenvalue weighted by molar-refractivity contribution is 5.91. The Morgan fingerprint density at radius 2 is 1.91 bits per heavy atom. The molecule has 0 aromatic heterocycles. The van der Waals surface area contributed by atoms with E-state index in [-0.39, 0.29) is 18.6 Å². The highest BCUT2D eigenvalue weighted by Gasteiger charge is 2.23. The van der Waals surface area contributed by atoms with E-state index in [9.17, 15) is 9.59 Å². The van der Waals surface area contributed by atoms with Crippen LogP contribution in [0.25, 0.3) is 0 Å². The van der Waals surface area contributed by atoms with E-state index in [1.165, 1.54) is 17.5 Å². The lowest BCUT2D eigenvalue weighted by Crippen LogP contribution is -2.42. The normalized spacial score (nSPS) is 23.2. The Labute approximate surface area is 137 Å². The molecule has 1 saturated carbocycles. The van der Waals surface area contributed by atoms with E-state index >= 15 is 0 Å². The van der Waals surface area contributed by atoms with Crippen molar-refractivity contribution in [2.24, 2.45) is 5.92 Å². The summed E-state index contributed by atoms with van der Waals surface area (Å²) in [5, 5.41) is 3.00. The summed E-state index contributed by atoms with van der Waals surface area (Å²) < 4.78 is 5.18. The van der Waals surface area contributed by atoms with Gasteiger partial charge in [-0.1, -0.05) is 25.8 Å². The lowest BCUT2D eigenvalue weighted by molar-refractivity contribution is -0.125. The summed E-state index contributed by atoms with van der Waals surface area (Å²) in [4.78, 5) is 24.1. The molecule has 1 aromatic carbocycles. The molecule has 0 bridgehead atoms. The molecule has 1 fully saturated rings. The Kier molecular flexibility index (Phi) is 4.99. The number of nitrogens with one attached hydrogen (secondary N) is 1. The third-order valence-electron chi connectivity index (χ3n) is 5.13. The van der Waals surface area contributed by atoms with E-state index in [2.05, 4.69) is 12.2 Å². The van der Waals surface area contributed by atoms with E-state index < -0.39 is 5.97 Å². The Morgan fingerprint density at radius 1 is 1.13 bits per heavy atom. The van der Waals surface area contributed by atoms with E-state index in [0.29, 0.717) is 11.5 Å². The first-order valence-electron chi connectivity index (χ1n) is 8.72. The highest BCUT2D eigenvalue weighted by atomic mass is 16.5. The lowest BCUT2D eigenvalue weighted by atomic mass is 9.86. The summed E-state index contributed by atoms with van der Waals surface area (Å²) in [5.74, 6) is -0.107. The maximum Gasteiger partial charge on any atom is 0.338 e. The average molecular weight is 315 g/mol. The van der Waals surface area contributed by atoms with Crippen molar-refractivity contribution in [2.45, 2.75) is 57.9 Å². The van der Waals surface area contributed by atoms with Gasteiger partial charge in [0.2, 0.25) is 0 Å². The molecule has 23 heavy (non-hydrogen) atoms. The molecule has 4 nitrogen and oxygen atoms in total. The van der Waals surface area contributed by atoms with Gasteiger partial charge in [-0.05, 0) is 61.3 Å². The van der Waals surface area contributed by atoms with Gasteiger partial charge >= 0.3 is 5.97 Å². The van der Waals surface area contributed by atoms with Crippen molar-refractivity contribution in [1.29, 1.82) is 0 Å². The third kappa shape index (κ3) is 3.92. The Morgan fingerprint density at radius 3 is 2.74 bits per heavy atom. The Balaban J connectivity index is 1.49. The van der Waals surface area contributed by atoms with Crippen LogP contribution in [0.3, 0.4) is 0 Å². The minimum absolute atomic E-state index is 0.195. The first-order valence-corrected chi connectivity index (χ1v) is 8.72. The molecule has 1 N–H and O–H groups in total. The fraction of sp³-hybridized carbons (Fsp3) is 0.579. The van der Waals surface area contributed by atoms with Gasteiger partial charge in [-0.2, -0.15) is 0 Å². The van der Waals surface area contributed by atoms with Gasteiger partial charge in [0.15, 0.2) is 6.61 Å². The second-order valence-corrected chi connectivity index (χ2v) is 6.85. The maximum absolute atomic E-state index is 12.1. The Bertz CT molecular complexity index is 596. The molecule has 1 amide bonds. The minimum Gasteiger partial charge on any atom is -0.452 e. The van der Waals surface area contributed by atoms with Gasteiger partial charge in [0.05, 0.1) is 5.56 Å². The summed E-state index contributed by atoms with van der Waals surface area (Å²) in [6.07, 6.45) is 7.83. The van der Waals surface area contributed by atoms with Crippen molar-refractivity contribution in [3.05, 3.63) is 34.9 Å². The number of esters is 1. The van der Waals surface area contributed by atoms with Crippen molar-refractivity contribution in [1.82, 2.24) is 5.32 Å². The molecule has 0 aliphatic heterocycles. The van der Waals surface area contributed by atoms with Gasteiger partial charge in [0, 0.05) is 6.04 Å². The van der Waals surface area contributed by atoms with Gasteiger partial charge in [-0.25, -0.2) is 4.79 Å². The van der Waals surface area contributed by atoms with Gasteiger partial charge in [0.1, 0.15) is 0 Å². The molecule has 1 aromatic rings. The van der Waals surface area contributed by atoms with Gasteiger partial charge in [-0.3, -0.25) is 4.79 Å². The quantitative estimate of drug-likeness (QED) is 0.869. The molecular formula is C19H25NO3. The number of hydrogen-bond acceptors (Lipinski definition) is 3. The van der Waals surface area contributed by atoms with Crippen LogP contribution in [0.4, 0.5) is 0 Å². The molecule has 3 rings (SSSR count). The number of aryl methyl sites for hydroxylation is 2. The molecule has 0 heterocycles. The number of carbonyl (C=O) groups is 2. The zero-order valence-electron chi connectivity index (χ0n) is 13.8. The van der Waals surface area contributed by atoms with E-state index in [0.717, 1.165) is 38.5 Å². The number of carbonyl (C=O) groups excluding carboxylic acids is 2. The van der Waals surface area contributed by atoms with E-state index in [4.69, 9.17) is 4.74 Å². The van der Waals surface area contributed by atoms with Crippen molar-refractivity contribution in [3.8, 4) is 0 Å². The predicted octanol–water partition coefficient (Wildman–Crippen LogP) is 3.03. The molecule has 2 aliphatic carbocycles. The van der Waals surface area contributed by atoms with Crippen LogP contribution in [0.2, 0.25) is 0 Å². The Hall–Kier alpha value is -1.84. The smallest absolute Gasteiger partial charge is 0.338 e. The van der Waals surface area contributed by atoms with Crippen LogP contribution in [-0.2, 0) is 22.4 Å². The van der Waals surface area contributed by atoms with Crippen LogP contribution in [0, 0.1) is 5.92 Å². The molecule has 0 spiro atoms. The maximum atomic E-state index is 12.1. The second-order valence-electron chi connectivity index (χ2n) is 6.85. The highest BCUT2D eigenvalue weighted by Crippen LogP contribution is 2.24.